The topological polar surface area (TPSA) is 213 Å². The zero-order valence-electron chi connectivity index (χ0n) is 22.0. The molecule has 0 spiro atoms. The van der Waals surface area contributed by atoms with Gasteiger partial charge in [-0.1, -0.05) is 12.1 Å². The van der Waals surface area contributed by atoms with Crippen LogP contribution >= 0.6 is 0 Å². The summed E-state index contributed by atoms with van der Waals surface area (Å²) in [6.07, 6.45) is -4.35. The molecule has 0 aliphatic heterocycles. The second-order valence-corrected chi connectivity index (χ2v) is 8.58. The summed E-state index contributed by atoms with van der Waals surface area (Å²) >= 11 is 0. The maximum atomic E-state index is 13.6. The molecular weight excluding hydrogens is 564 g/mol. The first-order valence-corrected chi connectivity index (χ1v) is 12.2. The monoisotopic (exact) mass is 586 g/mol. The fraction of sp³-hybridized carbons (Fsp3) is 0.269. The van der Waals surface area contributed by atoms with Crippen molar-refractivity contribution in [2.24, 2.45) is 0 Å². The molecule has 42 heavy (non-hydrogen) atoms. The lowest BCUT2D eigenvalue weighted by molar-refractivity contribution is -0.137. The molecule has 0 amide bonds. The first-order chi connectivity index (χ1) is 20.1. The summed E-state index contributed by atoms with van der Waals surface area (Å²) in [7, 11) is 2.09. The first-order valence-electron chi connectivity index (χ1n) is 12.2. The maximum Gasteiger partial charge on any atom is 0.513 e. The highest BCUT2D eigenvalue weighted by atomic mass is 16.7. The van der Waals surface area contributed by atoms with E-state index in [0.29, 0.717) is 9.13 Å². The van der Waals surface area contributed by atoms with E-state index in [4.69, 9.17) is 23.4 Å². The zero-order valence-corrected chi connectivity index (χ0v) is 22.0. The van der Waals surface area contributed by atoms with Crippen LogP contribution in [0.2, 0.25) is 0 Å². The van der Waals surface area contributed by atoms with Crippen molar-refractivity contribution >= 4 is 40.2 Å². The molecule has 220 valence electrons. The van der Waals surface area contributed by atoms with Crippen LogP contribution in [-0.4, -0.2) is 46.7 Å². The molecule has 0 bridgehead atoms. The summed E-state index contributed by atoms with van der Waals surface area (Å²) in [4.78, 5) is 88.0. The van der Waals surface area contributed by atoms with Crippen molar-refractivity contribution in [1.82, 2.24) is 9.13 Å². The second kappa shape index (κ2) is 12.2. The molecule has 0 atom stereocenters. The molecule has 0 fully saturated rings. The predicted molar refractivity (Wildman–Crippen MR) is 140 cm³/mol. The molecule has 16 nitrogen and oxygen atoms in total. The van der Waals surface area contributed by atoms with Gasteiger partial charge in [-0.25, -0.2) is 28.3 Å². The van der Waals surface area contributed by atoms with E-state index in [-0.39, 0.29) is 48.0 Å². The van der Waals surface area contributed by atoms with Gasteiger partial charge in [0.2, 0.25) is 0 Å². The van der Waals surface area contributed by atoms with Gasteiger partial charge in [-0.05, 0) is 43.5 Å². The average molecular weight is 586 g/mol. The van der Waals surface area contributed by atoms with Gasteiger partial charge in [0, 0.05) is 6.42 Å². The van der Waals surface area contributed by atoms with Crippen molar-refractivity contribution in [3.63, 3.8) is 0 Å². The Bertz CT molecular complexity index is 1800. The van der Waals surface area contributed by atoms with Gasteiger partial charge in [-0.3, -0.25) is 14.4 Å². The lowest BCUT2D eigenvalue weighted by Gasteiger charge is -2.20. The Hall–Kier alpha value is -5.67. The van der Waals surface area contributed by atoms with Crippen molar-refractivity contribution in [2.75, 3.05) is 14.2 Å². The fourth-order valence-electron chi connectivity index (χ4n) is 4.19. The van der Waals surface area contributed by atoms with E-state index in [1.807, 2.05) is 0 Å². The molecule has 1 N–H and O–H groups in total. The highest BCUT2D eigenvalue weighted by Gasteiger charge is 2.27. The number of hydrogen-bond donors (Lipinski definition) is 1. The van der Waals surface area contributed by atoms with Gasteiger partial charge in [0.25, 0.3) is 11.1 Å². The Morgan fingerprint density at radius 3 is 1.62 bits per heavy atom. The third kappa shape index (κ3) is 5.77. The molecule has 0 saturated heterocycles. The van der Waals surface area contributed by atoms with Gasteiger partial charge in [-0.2, -0.15) is 0 Å². The average Bonchev–Trinajstić information content (AvgIpc) is 2.95. The smallest absolute Gasteiger partial charge is 0.481 e. The molecule has 0 aliphatic rings. The summed E-state index contributed by atoms with van der Waals surface area (Å²) < 4.78 is 30.4. The number of carbonyl (C=O) groups is 3. The molecule has 0 radical (unpaired) electrons. The summed E-state index contributed by atoms with van der Waals surface area (Å²) in [6.45, 7) is 0. The zero-order chi connectivity index (χ0) is 30.6. The second-order valence-electron chi connectivity index (χ2n) is 8.58. The SMILES string of the molecule is COC(=O)Oc1cccc2c(=O)n(C(CCCCC(=O)O)n3c(=O)oc4c(OC(=O)OC)cccc4c3=O)c(=O)oc12. The minimum Gasteiger partial charge on any atom is -0.481 e. The predicted octanol–water partition coefficient (Wildman–Crippen LogP) is 2.21. The van der Waals surface area contributed by atoms with E-state index in [1.165, 1.54) is 36.4 Å². The lowest BCUT2D eigenvalue weighted by atomic mass is 10.1. The van der Waals surface area contributed by atoms with E-state index in [9.17, 15) is 33.6 Å². The van der Waals surface area contributed by atoms with Crippen molar-refractivity contribution in [2.45, 2.75) is 31.8 Å². The van der Waals surface area contributed by atoms with E-state index >= 15 is 0 Å². The Kier molecular flexibility index (Phi) is 8.54. The third-order valence-electron chi connectivity index (χ3n) is 6.05. The van der Waals surface area contributed by atoms with Crippen molar-refractivity contribution in [3.05, 3.63) is 78.2 Å². The van der Waals surface area contributed by atoms with Crippen LogP contribution in [0.25, 0.3) is 21.9 Å². The number of aliphatic carboxylic acids is 1. The van der Waals surface area contributed by atoms with Gasteiger partial charge in [0.15, 0.2) is 22.7 Å². The van der Waals surface area contributed by atoms with E-state index in [2.05, 4.69) is 9.47 Å². The number of carbonyl (C=O) groups excluding carboxylic acids is 2. The molecule has 0 aliphatic carbocycles. The minimum atomic E-state index is -1.64. The number of hydrogen-bond acceptors (Lipinski definition) is 13. The Morgan fingerprint density at radius 1 is 0.762 bits per heavy atom. The largest absolute Gasteiger partial charge is 0.513 e. The van der Waals surface area contributed by atoms with E-state index in [0.717, 1.165) is 14.2 Å². The number of fused-ring (bicyclic) bond motifs is 2. The molecule has 4 aromatic rings. The fourth-order valence-corrected chi connectivity index (χ4v) is 4.19. The Labute approximate surface area is 232 Å². The van der Waals surface area contributed by atoms with Crippen molar-refractivity contribution in [1.29, 1.82) is 0 Å². The van der Waals surface area contributed by atoms with Crippen LogP contribution in [-0.2, 0) is 14.3 Å². The normalized spacial score (nSPS) is 11.0. The Morgan fingerprint density at radius 2 is 1.21 bits per heavy atom. The Balaban J connectivity index is 1.95. The molecule has 0 unspecified atom stereocenters. The van der Waals surface area contributed by atoms with Crippen molar-refractivity contribution in [3.8, 4) is 11.5 Å². The number of unbranched alkanes of at least 4 members (excludes halogenated alkanes) is 1. The third-order valence-corrected chi connectivity index (χ3v) is 6.05. The van der Waals surface area contributed by atoms with Crippen LogP contribution in [0.4, 0.5) is 9.59 Å². The number of carboxylic acid groups (broad SMARTS) is 1. The number of aromatic nitrogens is 2. The van der Waals surface area contributed by atoms with Gasteiger partial charge >= 0.3 is 29.8 Å². The van der Waals surface area contributed by atoms with Crippen LogP contribution in [0.1, 0.15) is 31.8 Å². The molecule has 2 heterocycles. The molecule has 0 saturated carbocycles. The summed E-state index contributed by atoms with van der Waals surface area (Å²) in [6, 6.07) is 7.65. The lowest BCUT2D eigenvalue weighted by Crippen LogP contribution is -2.46. The van der Waals surface area contributed by atoms with Crippen LogP contribution in [0.3, 0.4) is 0 Å². The van der Waals surface area contributed by atoms with Crippen LogP contribution < -0.4 is 32.1 Å². The molecule has 16 heteroatoms. The van der Waals surface area contributed by atoms with Gasteiger partial charge in [0.05, 0.1) is 25.0 Å². The molecular formula is C26H22N2O14. The standard InChI is InChI=1S/C26H22N2O14/c1-37-25(35)39-15-9-5-7-13-19(15)41-23(33)27(21(13)31)17(11-3-4-12-18(29)30)28-22(32)14-8-6-10-16(40-26(36)38-2)20(14)42-24(28)34/h5-10,17H,3-4,11-12H2,1-2H3,(H,29,30). The number of ether oxygens (including phenoxy) is 4. The van der Waals surface area contributed by atoms with Gasteiger partial charge < -0.3 is 32.9 Å². The summed E-state index contributed by atoms with van der Waals surface area (Å²) in [5, 5.41) is 8.51. The van der Waals surface area contributed by atoms with E-state index < -0.39 is 58.2 Å². The highest BCUT2D eigenvalue weighted by Crippen LogP contribution is 2.25. The maximum absolute atomic E-state index is 13.6. The summed E-state index contributed by atoms with van der Waals surface area (Å²) in [5.74, 6) is -4.37. The van der Waals surface area contributed by atoms with E-state index in [1.54, 1.807) is 0 Å². The van der Waals surface area contributed by atoms with Gasteiger partial charge in [0.1, 0.15) is 6.17 Å². The number of methoxy groups -OCH3 is 2. The van der Waals surface area contributed by atoms with Crippen LogP contribution in [0, 0.1) is 0 Å². The summed E-state index contributed by atoms with van der Waals surface area (Å²) in [5.41, 5.74) is -2.84. The van der Waals surface area contributed by atoms with Crippen LogP contribution in [0.5, 0.6) is 11.5 Å². The molecule has 2 aromatic carbocycles. The van der Waals surface area contributed by atoms with Crippen molar-refractivity contribution < 1.29 is 47.3 Å². The highest BCUT2D eigenvalue weighted by molar-refractivity contribution is 5.84. The number of para-hydroxylation sites is 2. The van der Waals surface area contributed by atoms with Gasteiger partial charge in [-0.15, -0.1) is 0 Å². The molecule has 2 aromatic heterocycles. The minimum absolute atomic E-state index is 0.0434. The first kappa shape index (κ1) is 29.3. The number of carboxylic acids is 1. The quantitative estimate of drug-likeness (QED) is 0.169. The molecule has 4 rings (SSSR count). The van der Waals surface area contributed by atoms with Crippen LogP contribution in [0.15, 0.2) is 64.4 Å². The number of benzene rings is 2. The number of nitrogens with zero attached hydrogens (tertiary/aromatic N) is 2. The number of rotatable bonds is 9.